The van der Waals surface area contributed by atoms with Gasteiger partial charge >= 0.3 is 0 Å². The SMILES string of the molecule is CC1CCCCC1NCc1ncn(C)n1. The maximum Gasteiger partial charge on any atom is 0.164 e. The van der Waals surface area contributed by atoms with Crippen molar-refractivity contribution in [2.45, 2.75) is 45.2 Å². The van der Waals surface area contributed by atoms with Crippen molar-refractivity contribution in [2.24, 2.45) is 13.0 Å². The Labute approximate surface area is 91.1 Å². The minimum absolute atomic E-state index is 0.655. The van der Waals surface area contributed by atoms with E-state index >= 15 is 0 Å². The van der Waals surface area contributed by atoms with Crippen LogP contribution < -0.4 is 5.32 Å². The fraction of sp³-hybridized carbons (Fsp3) is 0.818. The van der Waals surface area contributed by atoms with Crippen molar-refractivity contribution in [1.29, 1.82) is 0 Å². The predicted octanol–water partition coefficient (Wildman–Crippen LogP) is 1.48. The van der Waals surface area contributed by atoms with Gasteiger partial charge in [0.2, 0.25) is 0 Å². The zero-order valence-electron chi connectivity index (χ0n) is 9.61. The number of nitrogens with one attached hydrogen (secondary N) is 1. The maximum atomic E-state index is 4.26. The molecular weight excluding hydrogens is 188 g/mol. The van der Waals surface area contributed by atoms with Gasteiger partial charge in [-0.2, -0.15) is 5.10 Å². The van der Waals surface area contributed by atoms with E-state index < -0.39 is 0 Å². The molecule has 4 heteroatoms. The molecule has 2 atom stereocenters. The molecule has 84 valence electrons. The van der Waals surface area contributed by atoms with E-state index in [0.717, 1.165) is 18.3 Å². The number of hydrogen-bond donors (Lipinski definition) is 1. The summed E-state index contributed by atoms with van der Waals surface area (Å²) in [4.78, 5) is 4.21. The summed E-state index contributed by atoms with van der Waals surface area (Å²) in [6.07, 6.45) is 7.15. The van der Waals surface area contributed by atoms with Crippen molar-refractivity contribution in [1.82, 2.24) is 20.1 Å². The second-order valence-electron chi connectivity index (χ2n) is 4.58. The third-order valence-corrected chi connectivity index (χ3v) is 3.28. The lowest BCUT2D eigenvalue weighted by atomic mass is 9.86. The van der Waals surface area contributed by atoms with Crippen molar-refractivity contribution in [2.75, 3.05) is 0 Å². The van der Waals surface area contributed by atoms with Crippen LogP contribution in [0.4, 0.5) is 0 Å². The monoisotopic (exact) mass is 208 g/mol. The lowest BCUT2D eigenvalue weighted by molar-refractivity contribution is 0.277. The van der Waals surface area contributed by atoms with E-state index in [1.54, 1.807) is 11.0 Å². The summed E-state index contributed by atoms with van der Waals surface area (Å²) >= 11 is 0. The highest BCUT2D eigenvalue weighted by Gasteiger charge is 2.20. The van der Waals surface area contributed by atoms with Crippen molar-refractivity contribution in [3.8, 4) is 0 Å². The molecule has 2 rings (SSSR count). The van der Waals surface area contributed by atoms with Crippen LogP contribution in [0.5, 0.6) is 0 Å². The molecule has 1 aromatic heterocycles. The Hall–Kier alpha value is -0.900. The normalized spacial score (nSPS) is 26.8. The van der Waals surface area contributed by atoms with Crippen molar-refractivity contribution in [3.05, 3.63) is 12.2 Å². The van der Waals surface area contributed by atoms with E-state index in [1.165, 1.54) is 25.7 Å². The van der Waals surface area contributed by atoms with Crippen LogP contribution in [-0.4, -0.2) is 20.8 Å². The number of aryl methyl sites for hydroxylation is 1. The van der Waals surface area contributed by atoms with Gasteiger partial charge in [0.25, 0.3) is 0 Å². The highest BCUT2D eigenvalue weighted by molar-refractivity contribution is 4.84. The number of nitrogens with zero attached hydrogens (tertiary/aromatic N) is 3. The Bertz CT molecular complexity index is 307. The van der Waals surface area contributed by atoms with Gasteiger partial charge in [-0.1, -0.05) is 19.8 Å². The molecular formula is C11H20N4. The van der Waals surface area contributed by atoms with Crippen LogP contribution in [0.2, 0.25) is 0 Å². The van der Waals surface area contributed by atoms with E-state index in [2.05, 4.69) is 22.3 Å². The molecule has 1 aliphatic rings. The summed E-state index contributed by atoms with van der Waals surface area (Å²) in [5.74, 6) is 1.69. The second kappa shape index (κ2) is 4.75. The van der Waals surface area contributed by atoms with Crippen LogP contribution in [0, 0.1) is 5.92 Å². The molecule has 2 unspecified atom stereocenters. The molecule has 1 fully saturated rings. The van der Waals surface area contributed by atoms with Gasteiger partial charge in [-0.25, -0.2) is 4.98 Å². The zero-order chi connectivity index (χ0) is 10.7. The molecule has 1 N–H and O–H groups in total. The molecule has 1 heterocycles. The van der Waals surface area contributed by atoms with Crippen LogP contribution in [0.15, 0.2) is 6.33 Å². The summed E-state index contributed by atoms with van der Waals surface area (Å²) in [6.45, 7) is 3.14. The Morgan fingerprint density at radius 2 is 2.27 bits per heavy atom. The van der Waals surface area contributed by atoms with Crippen LogP contribution >= 0.6 is 0 Å². The van der Waals surface area contributed by atoms with E-state index in [0.29, 0.717) is 6.04 Å². The van der Waals surface area contributed by atoms with Gasteiger partial charge in [-0.15, -0.1) is 0 Å². The number of rotatable bonds is 3. The molecule has 0 radical (unpaired) electrons. The van der Waals surface area contributed by atoms with Crippen molar-refractivity contribution in [3.63, 3.8) is 0 Å². The van der Waals surface area contributed by atoms with E-state index in [-0.39, 0.29) is 0 Å². The van der Waals surface area contributed by atoms with E-state index in [4.69, 9.17) is 0 Å². The average Bonchev–Trinajstić information content (AvgIpc) is 2.63. The molecule has 0 saturated heterocycles. The summed E-state index contributed by atoms with van der Waals surface area (Å²) in [5, 5.41) is 7.83. The number of aromatic nitrogens is 3. The van der Waals surface area contributed by atoms with Gasteiger partial charge in [0.1, 0.15) is 6.33 Å². The van der Waals surface area contributed by atoms with Crippen LogP contribution in [0.3, 0.4) is 0 Å². The van der Waals surface area contributed by atoms with E-state index in [1.807, 2.05) is 7.05 Å². The minimum atomic E-state index is 0.655. The second-order valence-corrected chi connectivity index (χ2v) is 4.58. The lowest BCUT2D eigenvalue weighted by Crippen LogP contribution is -2.36. The summed E-state index contributed by atoms with van der Waals surface area (Å²) in [7, 11) is 1.90. The third-order valence-electron chi connectivity index (χ3n) is 3.28. The third kappa shape index (κ3) is 2.78. The quantitative estimate of drug-likeness (QED) is 0.818. The molecule has 1 aliphatic carbocycles. The first-order chi connectivity index (χ1) is 7.25. The van der Waals surface area contributed by atoms with E-state index in [9.17, 15) is 0 Å². The molecule has 4 nitrogen and oxygen atoms in total. The lowest BCUT2D eigenvalue weighted by Gasteiger charge is -2.29. The van der Waals surface area contributed by atoms with Gasteiger partial charge in [-0.05, 0) is 18.8 Å². The van der Waals surface area contributed by atoms with Crippen molar-refractivity contribution < 1.29 is 0 Å². The average molecular weight is 208 g/mol. The summed E-state index contributed by atoms with van der Waals surface area (Å²) in [6, 6.07) is 0.655. The molecule has 1 aromatic rings. The molecule has 0 aliphatic heterocycles. The fourth-order valence-electron chi connectivity index (χ4n) is 2.31. The van der Waals surface area contributed by atoms with Gasteiger partial charge < -0.3 is 5.32 Å². The molecule has 0 bridgehead atoms. The molecule has 0 aromatic carbocycles. The molecule has 15 heavy (non-hydrogen) atoms. The fourth-order valence-corrected chi connectivity index (χ4v) is 2.31. The first kappa shape index (κ1) is 10.6. The Morgan fingerprint density at radius 1 is 1.47 bits per heavy atom. The molecule has 1 saturated carbocycles. The standard InChI is InChI=1S/C11H20N4/c1-9-5-3-4-6-10(9)12-7-11-13-8-15(2)14-11/h8-10,12H,3-7H2,1-2H3. The van der Waals surface area contributed by atoms with Gasteiger partial charge in [0.15, 0.2) is 5.82 Å². The summed E-state index contributed by atoms with van der Waals surface area (Å²) in [5.41, 5.74) is 0. The highest BCUT2D eigenvalue weighted by Crippen LogP contribution is 2.23. The van der Waals surface area contributed by atoms with Gasteiger partial charge in [0, 0.05) is 13.1 Å². The predicted molar refractivity (Wildman–Crippen MR) is 59.3 cm³/mol. The van der Waals surface area contributed by atoms with Crippen molar-refractivity contribution >= 4 is 0 Å². The van der Waals surface area contributed by atoms with Gasteiger partial charge in [0.05, 0.1) is 6.54 Å². The van der Waals surface area contributed by atoms with Crippen LogP contribution in [0.25, 0.3) is 0 Å². The van der Waals surface area contributed by atoms with Gasteiger partial charge in [-0.3, -0.25) is 4.68 Å². The summed E-state index contributed by atoms with van der Waals surface area (Å²) < 4.78 is 1.75. The largest absolute Gasteiger partial charge is 0.307 e. The Kier molecular flexibility index (Phi) is 3.36. The molecule has 0 amide bonds. The highest BCUT2D eigenvalue weighted by atomic mass is 15.3. The van der Waals surface area contributed by atoms with Crippen LogP contribution in [-0.2, 0) is 13.6 Å². The first-order valence-electron chi connectivity index (χ1n) is 5.83. The first-order valence-corrected chi connectivity index (χ1v) is 5.83. The number of hydrogen-bond acceptors (Lipinski definition) is 3. The molecule has 0 spiro atoms. The Balaban J connectivity index is 1.81. The smallest absolute Gasteiger partial charge is 0.164 e. The Morgan fingerprint density at radius 3 is 2.93 bits per heavy atom. The maximum absolute atomic E-state index is 4.26. The van der Waals surface area contributed by atoms with Crippen LogP contribution in [0.1, 0.15) is 38.4 Å². The zero-order valence-corrected chi connectivity index (χ0v) is 9.61. The minimum Gasteiger partial charge on any atom is -0.307 e. The topological polar surface area (TPSA) is 42.7 Å².